The van der Waals surface area contributed by atoms with E-state index in [2.05, 4.69) is 5.16 Å². The SMILES string of the molecule is CCC(=NO)S(=O)[O-]. The molecule has 4 nitrogen and oxygen atoms in total. The average Bonchev–Trinajstić information content (AvgIpc) is 1.69. The monoisotopic (exact) mass is 136 g/mol. The van der Waals surface area contributed by atoms with Gasteiger partial charge in [0.2, 0.25) is 0 Å². The predicted molar refractivity (Wildman–Crippen MR) is 28.4 cm³/mol. The van der Waals surface area contributed by atoms with Crippen molar-refractivity contribution in [2.45, 2.75) is 13.3 Å². The Kier molecular flexibility index (Phi) is 3.38. The molecule has 0 heterocycles. The van der Waals surface area contributed by atoms with E-state index in [0.717, 1.165) is 0 Å². The maximum atomic E-state index is 9.87. The number of hydrogen-bond donors (Lipinski definition) is 1. The Bertz CT molecular complexity index is 122. The van der Waals surface area contributed by atoms with Crippen molar-refractivity contribution in [1.82, 2.24) is 0 Å². The minimum atomic E-state index is -2.35. The molecule has 0 aliphatic rings. The largest absolute Gasteiger partial charge is 0.767 e. The summed E-state index contributed by atoms with van der Waals surface area (Å²) in [4.78, 5) is 0. The van der Waals surface area contributed by atoms with E-state index in [1.54, 1.807) is 6.92 Å². The molecule has 0 radical (unpaired) electrons. The molecule has 1 unspecified atom stereocenters. The van der Waals surface area contributed by atoms with Gasteiger partial charge in [-0.25, -0.2) is 0 Å². The second-order valence-electron chi connectivity index (χ2n) is 1.08. The summed E-state index contributed by atoms with van der Waals surface area (Å²) >= 11 is -2.35. The van der Waals surface area contributed by atoms with Crippen molar-refractivity contribution in [1.29, 1.82) is 0 Å². The molecule has 0 saturated heterocycles. The second kappa shape index (κ2) is 3.57. The number of nitrogens with zero attached hydrogens (tertiary/aromatic N) is 1. The van der Waals surface area contributed by atoms with Crippen LogP contribution in [0, 0.1) is 0 Å². The standard InChI is InChI=1S/C3H7NO3S/c1-2-3(4-5)8(6)7/h5H,2H2,1H3,(H,6,7)/p-1. The molecule has 48 valence electrons. The third-order valence-corrected chi connectivity index (χ3v) is 1.36. The van der Waals surface area contributed by atoms with E-state index < -0.39 is 11.1 Å². The number of oxime groups is 1. The molecular formula is C3H6NO3S-. The van der Waals surface area contributed by atoms with Crippen LogP contribution in [0.25, 0.3) is 0 Å². The number of rotatable bonds is 1. The van der Waals surface area contributed by atoms with E-state index >= 15 is 0 Å². The van der Waals surface area contributed by atoms with Crippen molar-refractivity contribution in [2.24, 2.45) is 5.16 Å². The van der Waals surface area contributed by atoms with Gasteiger partial charge in [0.1, 0.15) is 5.04 Å². The summed E-state index contributed by atoms with van der Waals surface area (Å²) in [5, 5.41) is 10.2. The first kappa shape index (κ1) is 7.58. The van der Waals surface area contributed by atoms with Gasteiger partial charge in [-0.3, -0.25) is 4.21 Å². The van der Waals surface area contributed by atoms with Gasteiger partial charge in [0, 0.05) is 0 Å². The Hall–Kier alpha value is -0.420. The van der Waals surface area contributed by atoms with Crippen LogP contribution in [-0.2, 0) is 11.1 Å². The van der Waals surface area contributed by atoms with Gasteiger partial charge in [0.15, 0.2) is 0 Å². The highest BCUT2D eigenvalue weighted by Gasteiger charge is 1.92. The van der Waals surface area contributed by atoms with Crippen molar-refractivity contribution in [2.75, 3.05) is 0 Å². The molecular weight excluding hydrogens is 130 g/mol. The summed E-state index contributed by atoms with van der Waals surface area (Å²) in [6.45, 7) is 1.59. The zero-order chi connectivity index (χ0) is 6.57. The molecule has 0 rings (SSSR count). The first-order chi connectivity index (χ1) is 3.72. The normalized spacial score (nSPS) is 16.0. The summed E-state index contributed by atoms with van der Waals surface area (Å²) in [6, 6.07) is 0. The Morgan fingerprint density at radius 1 is 2.00 bits per heavy atom. The second-order valence-corrected chi connectivity index (χ2v) is 2.02. The molecule has 0 amide bonds. The first-order valence-electron chi connectivity index (χ1n) is 2.02. The maximum absolute atomic E-state index is 9.87. The quantitative estimate of drug-likeness (QED) is 0.182. The molecule has 0 fully saturated rings. The highest BCUT2D eigenvalue weighted by Crippen LogP contribution is 1.87. The smallest absolute Gasteiger partial charge is 0.129 e. The van der Waals surface area contributed by atoms with Gasteiger partial charge in [-0.15, -0.1) is 0 Å². The van der Waals surface area contributed by atoms with E-state index in [1.807, 2.05) is 0 Å². The number of hydrogen-bond acceptors (Lipinski definition) is 4. The van der Waals surface area contributed by atoms with Gasteiger partial charge in [-0.05, 0) is 17.5 Å². The lowest BCUT2D eigenvalue weighted by Crippen LogP contribution is -2.03. The van der Waals surface area contributed by atoms with E-state index in [4.69, 9.17) is 5.21 Å². The summed E-state index contributed by atoms with van der Waals surface area (Å²) in [5.74, 6) is 0. The van der Waals surface area contributed by atoms with Crippen LogP contribution >= 0.6 is 0 Å². The predicted octanol–water partition coefficient (Wildman–Crippen LogP) is 0.0632. The molecule has 0 aromatic heterocycles. The molecule has 0 aliphatic heterocycles. The fraction of sp³-hybridized carbons (Fsp3) is 0.667. The minimum Gasteiger partial charge on any atom is -0.767 e. The van der Waals surface area contributed by atoms with Crippen LogP contribution in [0.15, 0.2) is 5.16 Å². The molecule has 0 aliphatic carbocycles. The van der Waals surface area contributed by atoms with Crippen molar-refractivity contribution < 1.29 is 14.0 Å². The molecule has 0 saturated carbocycles. The Morgan fingerprint density at radius 3 is 2.50 bits per heavy atom. The average molecular weight is 136 g/mol. The van der Waals surface area contributed by atoms with Gasteiger partial charge < -0.3 is 9.76 Å². The van der Waals surface area contributed by atoms with Crippen molar-refractivity contribution in [3.63, 3.8) is 0 Å². The van der Waals surface area contributed by atoms with Crippen LogP contribution in [0.4, 0.5) is 0 Å². The topological polar surface area (TPSA) is 72.7 Å². The van der Waals surface area contributed by atoms with E-state index in [-0.39, 0.29) is 11.5 Å². The van der Waals surface area contributed by atoms with Gasteiger partial charge >= 0.3 is 0 Å². The van der Waals surface area contributed by atoms with E-state index in [9.17, 15) is 8.76 Å². The molecule has 1 atom stereocenters. The van der Waals surface area contributed by atoms with Crippen LogP contribution in [0.1, 0.15) is 13.3 Å². The van der Waals surface area contributed by atoms with Gasteiger partial charge in [-0.2, -0.15) is 0 Å². The molecule has 5 heteroatoms. The minimum absolute atomic E-state index is 0.218. The van der Waals surface area contributed by atoms with Crippen LogP contribution in [0.5, 0.6) is 0 Å². The molecule has 0 aromatic rings. The molecule has 0 bridgehead atoms. The third kappa shape index (κ3) is 2.04. The van der Waals surface area contributed by atoms with Crippen molar-refractivity contribution >= 4 is 16.1 Å². The Balaban J connectivity index is 3.92. The molecule has 0 spiro atoms. The van der Waals surface area contributed by atoms with E-state index in [0.29, 0.717) is 0 Å². The fourth-order valence-electron chi connectivity index (χ4n) is 0.222. The third-order valence-electron chi connectivity index (χ3n) is 0.606. The lowest BCUT2D eigenvalue weighted by molar-refractivity contribution is 0.319. The molecule has 1 N–H and O–H groups in total. The zero-order valence-electron chi connectivity index (χ0n) is 4.33. The summed E-state index contributed by atoms with van der Waals surface area (Å²) in [5.41, 5.74) is 0. The van der Waals surface area contributed by atoms with Crippen LogP contribution < -0.4 is 0 Å². The summed E-state index contributed by atoms with van der Waals surface area (Å²) < 4.78 is 19.7. The van der Waals surface area contributed by atoms with Crippen LogP contribution in [-0.4, -0.2) is 19.0 Å². The Labute approximate surface area is 49.5 Å². The van der Waals surface area contributed by atoms with E-state index in [1.165, 1.54) is 0 Å². The van der Waals surface area contributed by atoms with Crippen LogP contribution in [0.2, 0.25) is 0 Å². The van der Waals surface area contributed by atoms with Crippen molar-refractivity contribution in [3.8, 4) is 0 Å². The Morgan fingerprint density at radius 2 is 2.50 bits per heavy atom. The molecule has 8 heavy (non-hydrogen) atoms. The van der Waals surface area contributed by atoms with Gasteiger partial charge in [0.25, 0.3) is 0 Å². The zero-order valence-corrected chi connectivity index (χ0v) is 5.14. The summed E-state index contributed by atoms with van der Waals surface area (Å²) in [6.07, 6.45) is 0.229. The highest BCUT2D eigenvalue weighted by molar-refractivity contribution is 7.95. The lowest BCUT2D eigenvalue weighted by Gasteiger charge is -2.01. The van der Waals surface area contributed by atoms with Crippen molar-refractivity contribution in [3.05, 3.63) is 0 Å². The van der Waals surface area contributed by atoms with Gasteiger partial charge in [-0.1, -0.05) is 12.1 Å². The maximum Gasteiger partial charge on any atom is 0.129 e. The first-order valence-corrected chi connectivity index (χ1v) is 3.10. The highest BCUT2D eigenvalue weighted by atomic mass is 32.2. The lowest BCUT2D eigenvalue weighted by atomic mass is 10.5. The van der Waals surface area contributed by atoms with Crippen LogP contribution in [0.3, 0.4) is 0 Å². The summed E-state index contributed by atoms with van der Waals surface area (Å²) in [7, 11) is 0. The van der Waals surface area contributed by atoms with Gasteiger partial charge in [0.05, 0.1) is 0 Å². The molecule has 0 aromatic carbocycles. The fourth-order valence-corrected chi connectivity index (χ4v) is 0.524.